The van der Waals surface area contributed by atoms with E-state index < -0.39 is 17.5 Å². The van der Waals surface area contributed by atoms with Gasteiger partial charge in [-0.3, -0.25) is 4.79 Å². The van der Waals surface area contributed by atoms with Crippen LogP contribution in [-0.4, -0.2) is 15.3 Å². The molecule has 7 heteroatoms. The number of halogens is 4. The van der Waals surface area contributed by atoms with Crippen molar-refractivity contribution in [2.75, 3.05) is 0 Å². The highest BCUT2D eigenvalue weighted by atomic mass is 79.9. The van der Waals surface area contributed by atoms with E-state index in [1.54, 1.807) is 16.8 Å². The van der Waals surface area contributed by atoms with Gasteiger partial charge in [0.05, 0.1) is 12.1 Å². The van der Waals surface area contributed by atoms with Crippen molar-refractivity contribution in [3.8, 4) is 11.4 Å². The smallest absolute Gasteiger partial charge is 0.325 e. The second-order valence-corrected chi connectivity index (χ2v) is 5.66. The van der Waals surface area contributed by atoms with Crippen LogP contribution in [0.25, 0.3) is 11.4 Å². The van der Waals surface area contributed by atoms with E-state index in [0.717, 1.165) is 22.9 Å². The third-order valence-corrected chi connectivity index (χ3v) is 4.11. The lowest BCUT2D eigenvalue weighted by Crippen LogP contribution is -2.18. The van der Waals surface area contributed by atoms with Crippen molar-refractivity contribution in [3.05, 3.63) is 65.0 Å². The highest BCUT2D eigenvalue weighted by molar-refractivity contribution is 8.93. The molecule has 0 saturated heterocycles. The standard InChI is InChI=1S/C18H15F3N2O.BrH/c1-11-12(2)22-17-13(11)7-5-9-23(17)10-16(24)14-6-3-4-8-15(14)18(19,20)21;/h3-9H,10H2,1-2H3;1H. The van der Waals surface area contributed by atoms with Crippen molar-refractivity contribution in [1.82, 2.24) is 9.55 Å². The maximum absolute atomic E-state index is 13.1. The SMILES string of the molecule is Br.Cc1nc2n(CC(=O)c3ccccc3C(F)(F)F)cccc-2c1C. The molecule has 2 heterocycles. The summed E-state index contributed by atoms with van der Waals surface area (Å²) in [7, 11) is 0. The van der Waals surface area contributed by atoms with Crippen LogP contribution in [0.15, 0.2) is 42.6 Å². The van der Waals surface area contributed by atoms with E-state index in [-0.39, 0.29) is 29.1 Å². The fraction of sp³-hybridized carbons (Fsp3) is 0.222. The van der Waals surface area contributed by atoms with Gasteiger partial charge in [0, 0.05) is 23.0 Å². The second kappa shape index (κ2) is 7.00. The largest absolute Gasteiger partial charge is 0.417 e. The number of fused-ring (bicyclic) bond motifs is 1. The number of aromatic nitrogens is 2. The van der Waals surface area contributed by atoms with Crippen LogP contribution in [0.4, 0.5) is 13.2 Å². The number of carbonyl (C=O) groups excluding carboxylic acids is 1. The normalized spacial score (nSPS) is 11.4. The average Bonchev–Trinajstić information content (AvgIpc) is 2.83. The quantitative estimate of drug-likeness (QED) is 0.561. The van der Waals surface area contributed by atoms with Gasteiger partial charge in [0.1, 0.15) is 5.82 Å². The molecule has 0 bridgehead atoms. The molecule has 0 radical (unpaired) electrons. The lowest BCUT2D eigenvalue weighted by Gasteiger charge is -2.14. The maximum Gasteiger partial charge on any atom is 0.417 e. The van der Waals surface area contributed by atoms with E-state index in [2.05, 4.69) is 4.98 Å². The van der Waals surface area contributed by atoms with Crippen LogP contribution in [0.2, 0.25) is 0 Å². The lowest BCUT2D eigenvalue weighted by molar-refractivity contribution is -0.137. The van der Waals surface area contributed by atoms with Crippen LogP contribution >= 0.6 is 17.0 Å². The Morgan fingerprint density at radius 3 is 2.48 bits per heavy atom. The molecule has 0 amide bonds. The molecule has 0 spiro atoms. The predicted octanol–water partition coefficient (Wildman–Crippen LogP) is 5.08. The van der Waals surface area contributed by atoms with Gasteiger partial charge in [-0.1, -0.05) is 18.2 Å². The lowest BCUT2D eigenvalue weighted by atomic mass is 10.0. The molecule has 1 aromatic carbocycles. The van der Waals surface area contributed by atoms with Gasteiger partial charge in [0.25, 0.3) is 0 Å². The first-order chi connectivity index (χ1) is 11.3. The predicted molar refractivity (Wildman–Crippen MR) is 94.4 cm³/mol. The minimum Gasteiger partial charge on any atom is -0.325 e. The van der Waals surface area contributed by atoms with Crippen molar-refractivity contribution in [3.63, 3.8) is 0 Å². The molecule has 2 aliphatic heterocycles. The van der Waals surface area contributed by atoms with Crippen LogP contribution < -0.4 is 0 Å². The first kappa shape index (κ1) is 19.2. The molecule has 25 heavy (non-hydrogen) atoms. The first-order valence-corrected chi connectivity index (χ1v) is 7.40. The van der Waals surface area contributed by atoms with E-state index in [1.165, 1.54) is 18.2 Å². The Morgan fingerprint density at radius 2 is 1.80 bits per heavy atom. The van der Waals surface area contributed by atoms with Crippen LogP contribution in [0.5, 0.6) is 0 Å². The Balaban J connectivity index is 0.00000225. The summed E-state index contributed by atoms with van der Waals surface area (Å²) in [6.07, 6.45) is -2.91. The zero-order valence-corrected chi connectivity index (χ0v) is 15.3. The molecule has 132 valence electrons. The molecule has 0 atom stereocenters. The van der Waals surface area contributed by atoms with Gasteiger partial charge < -0.3 is 4.57 Å². The first-order valence-electron chi connectivity index (χ1n) is 7.40. The highest BCUT2D eigenvalue weighted by Crippen LogP contribution is 2.33. The molecule has 0 unspecified atom stereocenters. The van der Waals surface area contributed by atoms with Crippen molar-refractivity contribution < 1.29 is 18.0 Å². The average molecular weight is 413 g/mol. The maximum atomic E-state index is 13.1. The Labute approximate surface area is 153 Å². The van der Waals surface area contributed by atoms with Gasteiger partial charge in [-0.15, -0.1) is 17.0 Å². The van der Waals surface area contributed by atoms with Crippen molar-refractivity contribution >= 4 is 22.8 Å². The van der Waals surface area contributed by atoms with E-state index >= 15 is 0 Å². The summed E-state index contributed by atoms with van der Waals surface area (Å²) in [6, 6.07) is 8.49. The third kappa shape index (κ3) is 3.61. The number of hydrogen-bond acceptors (Lipinski definition) is 2. The molecule has 0 N–H and O–H groups in total. The number of hydrogen-bond donors (Lipinski definition) is 0. The summed E-state index contributed by atoms with van der Waals surface area (Å²) in [5.41, 5.74) is 1.50. The van der Waals surface area contributed by atoms with Gasteiger partial charge in [0.2, 0.25) is 0 Å². The Bertz CT molecular complexity index is 886. The number of nitrogens with zero attached hydrogens (tertiary/aromatic N) is 2. The minimum atomic E-state index is -4.56. The summed E-state index contributed by atoms with van der Waals surface area (Å²) in [6.45, 7) is 3.59. The molecule has 1 aromatic rings. The van der Waals surface area contributed by atoms with Gasteiger partial charge in [0.15, 0.2) is 5.78 Å². The topological polar surface area (TPSA) is 34.9 Å². The van der Waals surface area contributed by atoms with E-state index in [9.17, 15) is 18.0 Å². The molecule has 0 fully saturated rings. The van der Waals surface area contributed by atoms with Crippen molar-refractivity contribution in [2.45, 2.75) is 26.6 Å². The number of pyridine rings is 1. The summed E-state index contributed by atoms with van der Waals surface area (Å²) >= 11 is 0. The molecule has 2 aliphatic rings. The molecule has 0 saturated carbocycles. The highest BCUT2D eigenvalue weighted by Gasteiger charge is 2.34. The minimum absolute atomic E-state index is 0. The molecule has 0 aliphatic carbocycles. The molecular formula is C18H16BrF3N2O. The summed E-state index contributed by atoms with van der Waals surface area (Å²) in [4.78, 5) is 16.9. The number of Topliss-reactive ketones (excluding diaryl/α,β-unsaturated/α-hetero) is 1. The third-order valence-electron chi connectivity index (χ3n) is 4.11. The Kier molecular flexibility index (Phi) is 5.37. The number of alkyl halides is 3. The summed E-state index contributed by atoms with van der Waals surface area (Å²) in [5.74, 6) is 0.00377. The zero-order valence-electron chi connectivity index (χ0n) is 13.6. The van der Waals surface area contributed by atoms with Gasteiger partial charge in [-0.2, -0.15) is 13.2 Å². The summed E-state index contributed by atoms with van der Waals surface area (Å²) in [5, 5.41) is 0. The fourth-order valence-corrected chi connectivity index (χ4v) is 2.74. The van der Waals surface area contributed by atoms with E-state index in [0.29, 0.717) is 5.82 Å². The number of ketones is 1. The van der Waals surface area contributed by atoms with Crippen LogP contribution in [0, 0.1) is 13.8 Å². The van der Waals surface area contributed by atoms with Crippen LogP contribution in [-0.2, 0) is 12.7 Å². The van der Waals surface area contributed by atoms with Gasteiger partial charge in [-0.25, -0.2) is 4.98 Å². The second-order valence-electron chi connectivity index (χ2n) is 5.66. The fourth-order valence-electron chi connectivity index (χ4n) is 2.74. The van der Waals surface area contributed by atoms with E-state index in [4.69, 9.17) is 0 Å². The summed E-state index contributed by atoms with van der Waals surface area (Å²) < 4.78 is 40.8. The van der Waals surface area contributed by atoms with Crippen molar-refractivity contribution in [1.29, 1.82) is 0 Å². The number of aryl methyl sites for hydroxylation is 1. The Morgan fingerprint density at radius 1 is 1.12 bits per heavy atom. The van der Waals surface area contributed by atoms with Gasteiger partial charge in [-0.05, 0) is 37.6 Å². The van der Waals surface area contributed by atoms with Gasteiger partial charge >= 0.3 is 6.18 Å². The number of carbonyl (C=O) groups is 1. The van der Waals surface area contributed by atoms with Crippen LogP contribution in [0.3, 0.4) is 0 Å². The molecule has 0 aromatic heterocycles. The molecule has 3 nitrogen and oxygen atoms in total. The number of rotatable bonds is 3. The van der Waals surface area contributed by atoms with Crippen LogP contribution in [0.1, 0.15) is 27.2 Å². The van der Waals surface area contributed by atoms with E-state index in [1.807, 2.05) is 19.9 Å². The molecule has 3 rings (SSSR count). The molecular weight excluding hydrogens is 397 g/mol. The monoisotopic (exact) mass is 412 g/mol. The number of benzene rings is 1. The van der Waals surface area contributed by atoms with Crippen molar-refractivity contribution in [2.24, 2.45) is 0 Å². The Hall–Kier alpha value is -2.15. The zero-order chi connectivity index (χ0) is 17.5.